The van der Waals surface area contributed by atoms with Gasteiger partial charge >= 0.3 is 0 Å². The van der Waals surface area contributed by atoms with E-state index in [9.17, 15) is 8.42 Å². The van der Waals surface area contributed by atoms with Gasteiger partial charge in [0.1, 0.15) is 5.82 Å². The standard InChI is InChI=1S/C12H19BrN4O2S/c1-3-5-14-11-15-7-9(13)10(16-11)17-12(2)4-6-20(18,19)8-12/h7H,3-6,8H2,1-2H3,(H2,14,15,16,17). The SMILES string of the molecule is CCCNc1ncc(Br)c(NC2(C)CCS(=O)(=O)C2)n1. The van der Waals surface area contributed by atoms with Crippen molar-refractivity contribution in [3.05, 3.63) is 10.7 Å². The van der Waals surface area contributed by atoms with Gasteiger partial charge in [-0.15, -0.1) is 0 Å². The highest BCUT2D eigenvalue weighted by atomic mass is 79.9. The maximum atomic E-state index is 11.6. The quantitative estimate of drug-likeness (QED) is 0.833. The molecule has 1 atom stereocenters. The van der Waals surface area contributed by atoms with Crippen LogP contribution in [0.15, 0.2) is 10.7 Å². The van der Waals surface area contributed by atoms with E-state index >= 15 is 0 Å². The van der Waals surface area contributed by atoms with Gasteiger partial charge in [-0.25, -0.2) is 13.4 Å². The largest absolute Gasteiger partial charge is 0.363 e. The molecule has 1 aliphatic rings. The van der Waals surface area contributed by atoms with Crippen LogP contribution in [-0.4, -0.2) is 42.0 Å². The Balaban J connectivity index is 2.16. The van der Waals surface area contributed by atoms with Crippen LogP contribution < -0.4 is 10.6 Å². The van der Waals surface area contributed by atoms with Crippen molar-refractivity contribution < 1.29 is 8.42 Å². The molecule has 112 valence electrons. The van der Waals surface area contributed by atoms with Crippen molar-refractivity contribution in [1.29, 1.82) is 0 Å². The summed E-state index contributed by atoms with van der Waals surface area (Å²) in [4.78, 5) is 8.57. The van der Waals surface area contributed by atoms with Crippen LogP contribution in [0.4, 0.5) is 11.8 Å². The van der Waals surface area contributed by atoms with Gasteiger partial charge in [0.15, 0.2) is 9.84 Å². The van der Waals surface area contributed by atoms with Crippen LogP contribution in [0, 0.1) is 0 Å². The summed E-state index contributed by atoms with van der Waals surface area (Å²) in [5.41, 5.74) is -0.474. The summed E-state index contributed by atoms with van der Waals surface area (Å²) in [5.74, 6) is 1.52. The number of rotatable bonds is 5. The van der Waals surface area contributed by atoms with Crippen LogP contribution in [0.2, 0.25) is 0 Å². The second kappa shape index (κ2) is 5.85. The Morgan fingerprint density at radius 1 is 1.50 bits per heavy atom. The summed E-state index contributed by atoms with van der Waals surface area (Å²) in [6.45, 7) is 4.77. The molecular formula is C12H19BrN4O2S. The number of sulfone groups is 1. The maximum Gasteiger partial charge on any atom is 0.224 e. The Morgan fingerprint density at radius 2 is 2.25 bits per heavy atom. The zero-order valence-electron chi connectivity index (χ0n) is 11.6. The lowest BCUT2D eigenvalue weighted by atomic mass is 10.0. The summed E-state index contributed by atoms with van der Waals surface area (Å²) >= 11 is 3.39. The van der Waals surface area contributed by atoms with E-state index in [1.165, 1.54) is 0 Å². The van der Waals surface area contributed by atoms with Gasteiger partial charge in [0.05, 0.1) is 21.5 Å². The smallest absolute Gasteiger partial charge is 0.224 e. The summed E-state index contributed by atoms with van der Waals surface area (Å²) < 4.78 is 24.0. The molecule has 1 aromatic heterocycles. The fraction of sp³-hybridized carbons (Fsp3) is 0.667. The highest BCUT2D eigenvalue weighted by Crippen LogP contribution is 2.30. The number of halogens is 1. The van der Waals surface area contributed by atoms with Crippen molar-refractivity contribution in [3.8, 4) is 0 Å². The molecular weight excluding hydrogens is 344 g/mol. The summed E-state index contributed by atoms with van der Waals surface area (Å²) in [6, 6.07) is 0. The Bertz CT molecular complexity index is 593. The zero-order chi connectivity index (χ0) is 14.8. The van der Waals surface area contributed by atoms with E-state index in [0.29, 0.717) is 18.2 Å². The zero-order valence-corrected chi connectivity index (χ0v) is 14.0. The van der Waals surface area contributed by atoms with Crippen molar-refractivity contribution in [2.24, 2.45) is 0 Å². The van der Waals surface area contributed by atoms with E-state index in [4.69, 9.17) is 0 Å². The number of nitrogens with zero attached hydrogens (tertiary/aromatic N) is 2. The van der Waals surface area contributed by atoms with E-state index in [0.717, 1.165) is 17.4 Å². The first kappa shape index (κ1) is 15.5. The lowest BCUT2D eigenvalue weighted by Crippen LogP contribution is -2.36. The number of aromatic nitrogens is 2. The van der Waals surface area contributed by atoms with E-state index < -0.39 is 15.4 Å². The normalized spacial score (nSPS) is 24.6. The lowest BCUT2D eigenvalue weighted by Gasteiger charge is -2.25. The van der Waals surface area contributed by atoms with Gasteiger partial charge in [0.2, 0.25) is 5.95 Å². The Kier molecular flexibility index (Phi) is 4.53. The molecule has 0 radical (unpaired) electrons. The van der Waals surface area contributed by atoms with E-state index in [1.807, 2.05) is 6.92 Å². The number of hydrogen-bond donors (Lipinski definition) is 2. The Morgan fingerprint density at radius 3 is 2.85 bits per heavy atom. The van der Waals surface area contributed by atoms with Crippen LogP contribution in [0.1, 0.15) is 26.7 Å². The molecule has 6 nitrogen and oxygen atoms in total. The van der Waals surface area contributed by atoms with E-state index in [1.54, 1.807) is 6.20 Å². The molecule has 2 heterocycles. The predicted octanol–water partition coefficient (Wildman–Crippen LogP) is 2.05. The minimum atomic E-state index is -2.95. The number of hydrogen-bond acceptors (Lipinski definition) is 6. The Hall–Kier alpha value is -0.890. The molecule has 0 saturated carbocycles. The molecule has 0 spiro atoms. The monoisotopic (exact) mass is 362 g/mol. The van der Waals surface area contributed by atoms with Crippen molar-refractivity contribution in [1.82, 2.24) is 9.97 Å². The first-order valence-corrected chi connectivity index (χ1v) is 9.20. The average molecular weight is 363 g/mol. The minimum absolute atomic E-state index is 0.133. The molecule has 8 heteroatoms. The van der Waals surface area contributed by atoms with E-state index in [2.05, 4.69) is 43.5 Å². The first-order chi connectivity index (χ1) is 9.34. The fourth-order valence-corrected chi connectivity index (χ4v) is 4.55. The third-order valence-electron chi connectivity index (χ3n) is 3.20. The van der Waals surface area contributed by atoms with Crippen LogP contribution in [0.5, 0.6) is 0 Å². The summed E-state index contributed by atoms with van der Waals surface area (Å²) in [5, 5.41) is 6.36. The van der Waals surface area contributed by atoms with Crippen LogP contribution in [-0.2, 0) is 9.84 Å². The highest BCUT2D eigenvalue weighted by molar-refractivity contribution is 9.10. The molecule has 0 aliphatic carbocycles. The van der Waals surface area contributed by atoms with Crippen molar-refractivity contribution in [2.45, 2.75) is 32.2 Å². The van der Waals surface area contributed by atoms with Gasteiger partial charge in [-0.05, 0) is 35.7 Å². The fourth-order valence-electron chi connectivity index (χ4n) is 2.17. The molecule has 0 amide bonds. The van der Waals surface area contributed by atoms with Gasteiger partial charge in [-0.3, -0.25) is 0 Å². The second-order valence-electron chi connectivity index (χ2n) is 5.34. The average Bonchev–Trinajstić information content (AvgIpc) is 2.64. The molecule has 2 N–H and O–H groups in total. The van der Waals surface area contributed by atoms with Crippen LogP contribution in [0.25, 0.3) is 0 Å². The van der Waals surface area contributed by atoms with Crippen molar-refractivity contribution >= 4 is 37.5 Å². The van der Waals surface area contributed by atoms with Gasteiger partial charge < -0.3 is 10.6 Å². The van der Waals surface area contributed by atoms with Gasteiger partial charge in [-0.1, -0.05) is 6.92 Å². The maximum absolute atomic E-state index is 11.6. The molecule has 0 bridgehead atoms. The molecule has 1 aromatic rings. The Labute approximate surface area is 127 Å². The summed E-state index contributed by atoms with van der Waals surface area (Å²) in [7, 11) is -2.95. The molecule has 1 unspecified atom stereocenters. The second-order valence-corrected chi connectivity index (χ2v) is 8.38. The van der Waals surface area contributed by atoms with E-state index in [-0.39, 0.29) is 11.5 Å². The molecule has 1 aliphatic heterocycles. The number of nitrogens with one attached hydrogen (secondary N) is 2. The van der Waals surface area contributed by atoms with Gasteiger partial charge in [0.25, 0.3) is 0 Å². The molecule has 20 heavy (non-hydrogen) atoms. The van der Waals surface area contributed by atoms with Crippen molar-refractivity contribution in [2.75, 3.05) is 28.7 Å². The molecule has 2 rings (SSSR count). The van der Waals surface area contributed by atoms with Gasteiger partial charge in [0, 0.05) is 12.7 Å². The molecule has 1 fully saturated rings. The third-order valence-corrected chi connectivity index (χ3v) is 5.68. The summed E-state index contributed by atoms with van der Waals surface area (Å²) in [6.07, 6.45) is 3.24. The number of anilines is 2. The molecule has 1 saturated heterocycles. The highest BCUT2D eigenvalue weighted by Gasteiger charge is 2.38. The topological polar surface area (TPSA) is 84.0 Å². The molecule has 0 aromatic carbocycles. The van der Waals surface area contributed by atoms with Gasteiger partial charge in [-0.2, -0.15) is 4.98 Å². The third kappa shape index (κ3) is 3.82. The predicted molar refractivity (Wildman–Crippen MR) is 83.8 cm³/mol. The first-order valence-electron chi connectivity index (χ1n) is 6.59. The lowest BCUT2D eigenvalue weighted by molar-refractivity contribution is 0.571. The minimum Gasteiger partial charge on any atom is -0.363 e. The van der Waals surface area contributed by atoms with Crippen LogP contribution in [0.3, 0.4) is 0 Å². The van der Waals surface area contributed by atoms with Crippen molar-refractivity contribution in [3.63, 3.8) is 0 Å². The van der Waals surface area contributed by atoms with Crippen LogP contribution >= 0.6 is 15.9 Å².